The Hall–Kier alpha value is -2.90. The number of carbonyl (C=O) groups excluding carboxylic acids is 2. The molecule has 1 aliphatic rings. The quantitative estimate of drug-likeness (QED) is 0.514. The minimum Gasteiger partial charge on any atom is -0.369 e. The maximum atomic E-state index is 14.5. The second kappa shape index (κ2) is 9.52. The van der Waals surface area contributed by atoms with Crippen LogP contribution in [0.25, 0.3) is 0 Å². The summed E-state index contributed by atoms with van der Waals surface area (Å²) in [6.45, 7) is 2.42. The topological polar surface area (TPSA) is 106 Å². The van der Waals surface area contributed by atoms with Crippen LogP contribution >= 0.6 is 0 Å². The largest absolute Gasteiger partial charge is 0.435 e. The Morgan fingerprint density at radius 3 is 2.08 bits per heavy atom. The van der Waals surface area contributed by atoms with Crippen molar-refractivity contribution in [3.8, 4) is 0 Å². The molecule has 0 radical (unpaired) electrons. The van der Waals surface area contributed by atoms with Gasteiger partial charge in [0.2, 0.25) is 11.8 Å². The summed E-state index contributed by atoms with van der Waals surface area (Å²) in [5, 5.41) is 2.41. The smallest absolute Gasteiger partial charge is 0.369 e. The number of hydrogen-bond acceptors (Lipinski definition) is 4. The fourth-order valence-corrected chi connectivity index (χ4v) is 5.21. The third-order valence-corrected chi connectivity index (χ3v) is 6.85. The second-order valence-electron chi connectivity index (χ2n) is 8.64. The predicted molar refractivity (Wildman–Crippen MR) is 116 cm³/mol. The molecule has 1 aliphatic carbocycles. The summed E-state index contributed by atoms with van der Waals surface area (Å²) in [7, 11) is -3.50. The number of sulfone groups is 1. The third-order valence-electron chi connectivity index (χ3n) is 5.75. The van der Waals surface area contributed by atoms with Crippen molar-refractivity contribution in [1.82, 2.24) is 5.32 Å². The number of nitrogens with two attached hydrogens (primary N) is 1. The van der Waals surface area contributed by atoms with E-state index in [9.17, 15) is 48.7 Å². The first-order chi connectivity index (χ1) is 16.2. The first-order valence-corrected chi connectivity index (χ1v) is 12.3. The monoisotopic (exact) mass is 544 g/mol. The van der Waals surface area contributed by atoms with Crippen molar-refractivity contribution in [2.75, 3.05) is 12.0 Å². The van der Waals surface area contributed by atoms with Gasteiger partial charge in [-0.25, -0.2) is 12.8 Å². The van der Waals surface area contributed by atoms with Crippen molar-refractivity contribution in [1.29, 1.82) is 0 Å². The average molecular weight is 544 g/mol. The molecule has 3 atom stereocenters. The van der Waals surface area contributed by atoms with E-state index in [0.717, 1.165) is 19.3 Å². The molecular formula is C22H23F7N2O4S. The van der Waals surface area contributed by atoms with Gasteiger partial charge in [-0.3, -0.25) is 9.59 Å². The molecule has 2 rings (SSSR count). The number of carbonyl (C=O) groups is 2. The Kier molecular flexibility index (Phi) is 7.76. The molecule has 0 saturated carbocycles. The van der Waals surface area contributed by atoms with Crippen LogP contribution in [-0.4, -0.2) is 50.6 Å². The van der Waals surface area contributed by atoms with E-state index in [4.69, 9.17) is 5.73 Å². The Morgan fingerprint density at radius 1 is 1.08 bits per heavy atom. The molecule has 0 fully saturated rings. The molecule has 200 valence electrons. The normalized spacial score (nSPS) is 21.8. The van der Waals surface area contributed by atoms with Crippen molar-refractivity contribution in [3.63, 3.8) is 0 Å². The molecule has 0 saturated heterocycles. The van der Waals surface area contributed by atoms with Crippen LogP contribution in [0, 0.1) is 12.8 Å². The highest BCUT2D eigenvalue weighted by Crippen LogP contribution is 2.54. The summed E-state index contributed by atoms with van der Waals surface area (Å²) in [5.41, 5.74) is -4.55. The fourth-order valence-electron chi connectivity index (χ4n) is 4.22. The SMILES string of the molecule is Cc1cc(C(F)(C(F)(F)F)C(F)(F)F)ccc1C1(C(N)=O)C=CC=CC1C(=O)NC(C)CS(C)(=O)=O. The van der Waals surface area contributed by atoms with E-state index in [1.807, 2.05) is 0 Å². The number of hydrogen-bond donors (Lipinski definition) is 2. The van der Waals surface area contributed by atoms with Crippen LogP contribution in [0.1, 0.15) is 23.6 Å². The van der Waals surface area contributed by atoms with Crippen molar-refractivity contribution in [2.24, 2.45) is 11.7 Å². The molecule has 1 aromatic carbocycles. The minimum absolute atomic E-state index is 0.234. The maximum absolute atomic E-state index is 14.5. The zero-order chi connectivity index (χ0) is 27.9. The summed E-state index contributed by atoms with van der Waals surface area (Å²) >= 11 is 0. The molecule has 3 unspecified atom stereocenters. The number of amides is 2. The number of primary amides is 1. The van der Waals surface area contributed by atoms with Crippen LogP contribution in [-0.2, 0) is 30.5 Å². The first-order valence-electron chi connectivity index (χ1n) is 10.3. The Balaban J connectivity index is 2.64. The highest BCUT2D eigenvalue weighted by molar-refractivity contribution is 7.90. The van der Waals surface area contributed by atoms with Crippen molar-refractivity contribution < 1.29 is 48.7 Å². The van der Waals surface area contributed by atoms with E-state index in [2.05, 4.69) is 5.32 Å². The standard InChI is InChI=1S/C22H23F7N2O4S/c1-12-10-14(20(23,21(24,25)26)22(27,28)29)7-8-15(12)19(18(30)33)9-5-4-6-16(19)17(32)31-13(2)11-36(3,34)35/h4-10,13,16H,11H2,1-3H3,(H2,30,33)(H,31,32). The number of alkyl halides is 7. The van der Waals surface area contributed by atoms with E-state index in [-0.39, 0.29) is 17.2 Å². The maximum Gasteiger partial charge on any atom is 0.435 e. The molecule has 0 heterocycles. The third kappa shape index (κ3) is 5.27. The molecule has 36 heavy (non-hydrogen) atoms. The molecule has 2 amide bonds. The summed E-state index contributed by atoms with van der Waals surface area (Å²) in [4.78, 5) is 25.7. The van der Waals surface area contributed by atoms with Gasteiger partial charge in [0.1, 0.15) is 15.3 Å². The van der Waals surface area contributed by atoms with Crippen LogP contribution in [0.15, 0.2) is 42.5 Å². The Labute approximate surface area is 202 Å². The van der Waals surface area contributed by atoms with Gasteiger partial charge in [0, 0.05) is 17.9 Å². The summed E-state index contributed by atoms with van der Waals surface area (Å²) in [5.74, 6) is -3.95. The van der Waals surface area contributed by atoms with Crippen LogP contribution in [0.2, 0.25) is 0 Å². The number of halogens is 7. The molecule has 6 nitrogen and oxygen atoms in total. The molecule has 0 bridgehead atoms. The Bertz CT molecular complexity index is 1190. The van der Waals surface area contributed by atoms with Crippen LogP contribution in [0.4, 0.5) is 30.7 Å². The number of nitrogens with one attached hydrogen (secondary N) is 1. The van der Waals surface area contributed by atoms with Crippen LogP contribution in [0.5, 0.6) is 0 Å². The van der Waals surface area contributed by atoms with Gasteiger partial charge in [-0.15, -0.1) is 0 Å². The van der Waals surface area contributed by atoms with Crippen LogP contribution < -0.4 is 11.1 Å². The highest BCUT2D eigenvalue weighted by atomic mass is 32.2. The number of rotatable bonds is 7. The summed E-state index contributed by atoms with van der Waals surface area (Å²) in [6, 6.07) is 0.312. The van der Waals surface area contributed by atoms with Gasteiger partial charge in [-0.2, -0.15) is 26.3 Å². The lowest BCUT2D eigenvalue weighted by atomic mass is 9.65. The predicted octanol–water partition coefficient (Wildman–Crippen LogP) is 3.30. The van der Waals surface area contributed by atoms with Gasteiger partial charge in [-0.05, 0) is 25.0 Å². The average Bonchev–Trinajstić information content (AvgIpc) is 2.69. The molecule has 3 N–H and O–H groups in total. The zero-order valence-electron chi connectivity index (χ0n) is 19.2. The first kappa shape index (κ1) is 29.3. The zero-order valence-corrected chi connectivity index (χ0v) is 20.0. The van der Waals surface area contributed by atoms with Gasteiger partial charge in [-0.1, -0.05) is 42.5 Å². The molecule has 1 aromatic rings. The molecular weight excluding hydrogens is 521 g/mol. The molecule has 0 aromatic heterocycles. The van der Waals surface area contributed by atoms with E-state index < -0.39 is 68.4 Å². The molecule has 0 aliphatic heterocycles. The van der Waals surface area contributed by atoms with E-state index in [0.29, 0.717) is 12.1 Å². The van der Waals surface area contributed by atoms with Gasteiger partial charge < -0.3 is 11.1 Å². The second-order valence-corrected chi connectivity index (χ2v) is 10.8. The van der Waals surface area contributed by atoms with Crippen molar-refractivity contribution in [3.05, 3.63) is 59.2 Å². The van der Waals surface area contributed by atoms with Crippen LogP contribution in [0.3, 0.4) is 0 Å². The number of benzene rings is 1. The van der Waals surface area contributed by atoms with Gasteiger partial charge >= 0.3 is 18.0 Å². The minimum atomic E-state index is -6.34. The Morgan fingerprint density at radius 2 is 1.64 bits per heavy atom. The van der Waals surface area contributed by atoms with Gasteiger partial charge in [0.25, 0.3) is 0 Å². The highest BCUT2D eigenvalue weighted by Gasteiger charge is 2.73. The lowest BCUT2D eigenvalue weighted by Gasteiger charge is -2.37. The van der Waals surface area contributed by atoms with E-state index in [1.165, 1.54) is 25.2 Å². The lowest BCUT2D eigenvalue weighted by molar-refractivity contribution is -0.348. The van der Waals surface area contributed by atoms with Crippen molar-refractivity contribution >= 4 is 21.7 Å². The van der Waals surface area contributed by atoms with Gasteiger partial charge in [0.05, 0.1) is 11.7 Å². The lowest BCUT2D eigenvalue weighted by Crippen LogP contribution is -2.54. The van der Waals surface area contributed by atoms with E-state index in [1.54, 1.807) is 0 Å². The molecule has 0 spiro atoms. The fraction of sp³-hybridized carbons (Fsp3) is 0.455. The summed E-state index contributed by atoms with van der Waals surface area (Å²) in [6.07, 6.45) is -6.71. The summed E-state index contributed by atoms with van der Waals surface area (Å²) < 4.78 is 117. The van der Waals surface area contributed by atoms with Gasteiger partial charge in [0.15, 0.2) is 0 Å². The number of aryl methyl sites for hydroxylation is 1. The number of allylic oxidation sites excluding steroid dienone is 2. The molecule has 14 heteroatoms. The van der Waals surface area contributed by atoms with Crippen molar-refractivity contribution in [2.45, 2.75) is 43.3 Å². The van der Waals surface area contributed by atoms with E-state index >= 15 is 0 Å².